The van der Waals surface area contributed by atoms with E-state index in [4.69, 9.17) is 5.14 Å². The summed E-state index contributed by atoms with van der Waals surface area (Å²) in [6.07, 6.45) is 3.90. The normalized spacial score (nSPS) is 14.3. The minimum Gasteiger partial charge on any atom is -0.316 e. The minimum absolute atomic E-state index is 0.0402. The molecule has 0 saturated carbocycles. The monoisotopic (exact) mass is 497 g/mol. The van der Waals surface area contributed by atoms with Crippen LogP contribution in [0.2, 0.25) is 0 Å². The van der Waals surface area contributed by atoms with Crippen molar-refractivity contribution in [2.24, 2.45) is 5.14 Å². The van der Waals surface area contributed by atoms with E-state index < -0.39 is 10.0 Å². The Morgan fingerprint density at radius 1 is 1.03 bits per heavy atom. The first-order valence-corrected chi connectivity index (χ1v) is 13.5. The molecule has 34 heavy (non-hydrogen) atoms. The van der Waals surface area contributed by atoms with Gasteiger partial charge in [0.25, 0.3) is 0 Å². The molecule has 1 amide bonds. The lowest BCUT2D eigenvalue weighted by atomic mass is 9.92. The van der Waals surface area contributed by atoms with Crippen molar-refractivity contribution >= 4 is 38.1 Å². The van der Waals surface area contributed by atoms with Gasteiger partial charge in [-0.3, -0.25) is 9.59 Å². The van der Waals surface area contributed by atoms with Crippen LogP contribution >= 0.6 is 11.3 Å². The summed E-state index contributed by atoms with van der Waals surface area (Å²) in [5, 5.41) is 11.9. The predicted molar refractivity (Wildman–Crippen MR) is 134 cm³/mol. The topological polar surface area (TPSA) is 118 Å². The maximum Gasteiger partial charge on any atom is 0.238 e. The number of rotatable bonds is 8. The number of thiophene rings is 1. The Labute approximate surface area is 203 Å². The molecule has 7 nitrogen and oxygen atoms in total. The van der Waals surface area contributed by atoms with Gasteiger partial charge in [-0.05, 0) is 55.9 Å². The van der Waals surface area contributed by atoms with Gasteiger partial charge in [-0.2, -0.15) is 0 Å². The second-order valence-corrected chi connectivity index (χ2v) is 11.0. The molecule has 0 saturated heterocycles. The van der Waals surface area contributed by atoms with Crippen LogP contribution < -0.4 is 15.8 Å². The van der Waals surface area contributed by atoms with Crippen LogP contribution in [0.5, 0.6) is 0 Å². The number of carbonyl (C=O) groups is 2. The van der Waals surface area contributed by atoms with Crippen LogP contribution in [0.25, 0.3) is 0 Å². The van der Waals surface area contributed by atoms with Crippen LogP contribution in [0.4, 0.5) is 5.00 Å². The fraction of sp³-hybridized carbons (Fsp3) is 0.280. The van der Waals surface area contributed by atoms with Crippen LogP contribution in [-0.4, -0.2) is 26.7 Å². The highest BCUT2D eigenvalue weighted by atomic mass is 32.2. The molecule has 1 aromatic heterocycles. The first-order valence-electron chi connectivity index (χ1n) is 11.1. The summed E-state index contributed by atoms with van der Waals surface area (Å²) in [5.41, 5.74) is 3.12. The van der Waals surface area contributed by atoms with Gasteiger partial charge < -0.3 is 10.6 Å². The molecule has 0 bridgehead atoms. The molecule has 0 unspecified atom stereocenters. The summed E-state index contributed by atoms with van der Waals surface area (Å²) in [5.74, 6) is -0.305. The zero-order valence-electron chi connectivity index (χ0n) is 18.8. The Morgan fingerprint density at radius 3 is 2.38 bits per heavy atom. The highest BCUT2D eigenvalue weighted by Gasteiger charge is 2.27. The Morgan fingerprint density at radius 2 is 1.71 bits per heavy atom. The number of nitrogens with two attached hydrogens (primary N) is 1. The van der Waals surface area contributed by atoms with E-state index >= 15 is 0 Å². The summed E-state index contributed by atoms with van der Waals surface area (Å²) < 4.78 is 22.9. The van der Waals surface area contributed by atoms with E-state index in [-0.39, 0.29) is 29.2 Å². The fourth-order valence-corrected chi connectivity index (χ4v) is 5.93. The number of amides is 1. The van der Waals surface area contributed by atoms with Gasteiger partial charge in [0.2, 0.25) is 15.9 Å². The average molecular weight is 498 g/mol. The molecule has 1 aliphatic rings. The van der Waals surface area contributed by atoms with Gasteiger partial charge in [0.15, 0.2) is 5.78 Å². The molecule has 0 spiro atoms. The van der Waals surface area contributed by atoms with Gasteiger partial charge in [-0.15, -0.1) is 11.3 Å². The van der Waals surface area contributed by atoms with Crippen molar-refractivity contribution in [3.8, 4) is 0 Å². The number of anilines is 1. The van der Waals surface area contributed by atoms with Crippen LogP contribution in [-0.2, 0) is 27.7 Å². The van der Waals surface area contributed by atoms with E-state index in [2.05, 4.69) is 10.6 Å². The van der Waals surface area contributed by atoms with Crippen molar-refractivity contribution in [2.45, 2.75) is 43.5 Å². The Bertz CT molecular complexity index is 1300. The zero-order valence-corrected chi connectivity index (χ0v) is 20.5. The maximum atomic E-state index is 13.3. The Hall–Kier alpha value is -2.85. The van der Waals surface area contributed by atoms with E-state index in [0.29, 0.717) is 16.1 Å². The minimum atomic E-state index is -3.75. The number of nitrogens with one attached hydrogen (secondary N) is 2. The molecule has 0 fully saturated rings. The molecule has 1 atom stereocenters. The van der Waals surface area contributed by atoms with Crippen LogP contribution in [0, 0.1) is 0 Å². The van der Waals surface area contributed by atoms with Crippen LogP contribution in [0.1, 0.15) is 57.7 Å². The van der Waals surface area contributed by atoms with Crippen molar-refractivity contribution in [1.82, 2.24) is 5.32 Å². The highest BCUT2D eigenvalue weighted by molar-refractivity contribution is 7.89. The summed E-state index contributed by atoms with van der Waals surface area (Å²) in [7, 11) is -3.75. The third-order valence-electron chi connectivity index (χ3n) is 5.96. The largest absolute Gasteiger partial charge is 0.316 e. The van der Waals surface area contributed by atoms with E-state index in [1.807, 2.05) is 25.1 Å². The molecular formula is C25H27N3O4S2. The molecule has 0 aliphatic heterocycles. The molecular weight excluding hydrogens is 470 g/mol. The number of primary sulfonamides is 1. The van der Waals surface area contributed by atoms with Crippen molar-refractivity contribution in [3.63, 3.8) is 0 Å². The molecule has 4 N–H and O–H groups in total. The lowest BCUT2D eigenvalue weighted by molar-refractivity contribution is -0.115. The summed E-state index contributed by atoms with van der Waals surface area (Å²) in [4.78, 5) is 27.3. The van der Waals surface area contributed by atoms with E-state index in [9.17, 15) is 18.0 Å². The Balaban J connectivity index is 1.47. The molecule has 4 rings (SSSR count). The van der Waals surface area contributed by atoms with Gasteiger partial charge in [-0.25, -0.2) is 13.6 Å². The number of ketones is 1. The molecule has 1 heterocycles. The number of sulfonamides is 1. The fourth-order valence-electron chi connectivity index (χ4n) is 4.11. The second kappa shape index (κ2) is 10.2. The first-order chi connectivity index (χ1) is 16.2. The van der Waals surface area contributed by atoms with Gasteiger partial charge >= 0.3 is 0 Å². The Kier molecular flexibility index (Phi) is 7.27. The molecule has 3 aromatic rings. The lowest BCUT2D eigenvalue weighted by Crippen LogP contribution is -2.30. The number of aryl methyl sites for hydroxylation is 1. The number of hydrogen-bond donors (Lipinski definition) is 3. The van der Waals surface area contributed by atoms with Crippen molar-refractivity contribution in [3.05, 3.63) is 81.7 Å². The zero-order chi connectivity index (χ0) is 24.3. The SMILES string of the molecule is C[C@H](NCC(=O)Nc1sc2c(c1C(=O)c1ccccc1)CCCC2)c1ccc(S(N)(=O)=O)cc1. The molecule has 2 aromatic carbocycles. The van der Waals surface area contributed by atoms with Crippen molar-refractivity contribution < 1.29 is 18.0 Å². The molecule has 9 heteroatoms. The van der Waals surface area contributed by atoms with Gasteiger partial charge in [0.05, 0.1) is 17.0 Å². The lowest BCUT2D eigenvalue weighted by Gasteiger charge is -2.15. The number of fused-ring (bicyclic) bond motifs is 1. The summed E-state index contributed by atoms with van der Waals surface area (Å²) in [6, 6.07) is 15.2. The van der Waals surface area contributed by atoms with Gasteiger partial charge in [0, 0.05) is 16.5 Å². The number of carbonyl (C=O) groups excluding carboxylic acids is 2. The van der Waals surface area contributed by atoms with Crippen molar-refractivity contribution in [1.29, 1.82) is 0 Å². The second-order valence-electron chi connectivity index (χ2n) is 8.37. The quantitative estimate of drug-likeness (QED) is 0.409. The highest BCUT2D eigenvalue weighted by Crippen LogP contribution is 2.39. The number of hydrogen-bond acceptors (Lipinski definition) is 6. The molecule has 0 radical (unpaired) electrons. The van der Waals surface area contributed by atoms with E-state index in [1.54, 1.807) is 24.3 Å². The number of benzene rings is 2. The van der Waals surface area contributed by atoms with Gasteiger partial charge in [0.1, 0.15) is 5.00 Å². The molecule has 178 valence electrons. The smallest absolute Gasteiger partial charge is 0.238 e. The third kappa shape index (κ3) is 5.44. The van der Waals surface area contributed by atoms with Crippen molar-refractivity contribution in [2.75, 3.05) is 11.9 Å². The average Bonchev–Trinajstić information content (AvgIpc) is 3.19. The first kappa shape index (κ1) is 24.3. The standard InChI is InChI=1S/C25H27N3O4S2/c1-16(17-11-13-19(14-12-17)34(26,31)32)27-15-22(29)28-25-23(20-9-5-6-10-21(20)33-25)24(30)18-7-3-2-4-8-18/h2-4,7-8,11-14,16,27H,5-6,9-10,15H2,1H3,(H,28,29)(H2,26,31,32)/t16-/m0/s1. The van der Waals surface area contributed by atoms with Crippen LogP contribution in [0.3, 0.4) is 0 Å². The van der Waals surface area contributed by atoms with Gasteiger partial charge in [-0.1, -0.05) is 42.5 Å². The summed E-state index contributed by atoms with van der Waals surface area (Å²) in [6.45, 7) is 1.92. The predicted octanol–water partition coefficient (Wildman–Crippen LogP) is 3.79. The van der Waals surface area contributed by atoms with E-state index in [1.165, 1.54) is 28.3 Å². The van der Waals surface area contributed by atoms with E-state index in [0.717, 1.165) is 36.8 Å². The molecule has 1 aliphatic carbocycles. The summed E-state index contributed by atoms with van der Waals surface area (Å²) >= 11 is 1.50. The maximum absolute atomic E-state index is 13.3. The third-order valence-corrected chi connectivity index (χ3v) is 8.10. The van der Waals surface area contributed by atoms with Crippen LogP contribution in [0.15, 0.2) is 59.5 Å².